The summed E-state index contributed by atoms with van der Waals surface area (Å²) in [4.78, 5) is 2.22. The zero-order valence-corrected chi connectivity index (χ0v) is 12.4. The zero-order valence-electron chi connectivity index (χ0n) is 10.8. The van der Waals surface area contributed by atoms with Crippen LogP contribution in [0, 0.1) is 5.92 Å². The van der Waals surface area contributed by atoms with Gasteiger partial charge in [0.1, 0.15) is 0 Å². The van der Waals surface area contributed by atoms with Crippen molar-refractivity contribution in [1.29, 1.82) is 0 Å². The Kier molecular flexibility index (Phi) is 7.63. The SMILES string of the molecule is CCCS(=O)(=O)CCN1CCC(C(C)N)C1.Cl. The molecule has 6 heteroatoms. The first-order valence-corrected chi connectivity index (χ1v) is 7.95. The highest BCUT2D eigenvalue weighted by Gasteiger charge is 2.25. The van der Waals surface area contributed by atoms with Crippen LogP contribution in [0.15, 0.2) is 0 Å². The third kappa shape index (κ3) is 6.04. The van der Waals surface area contributed by atoms with Crippen LogP contribution in [0.4, 0.5) is 0 Å². The fourth-order valence-corrected chi connectivity index (χ4v) is 3.54. The summed E-state index contributed by atoms with van der Waals surface area (Å²) in [5.74, 6) is 1.15. The van der Waals surface area contributed by atoms with Gasteiger partial charge in [-0.3, -0.25) is 0 Å². The summed E-state index contributed by atoms with van der Waals surface area (Å²) >= 11 is 0. The molecule has 0 spiro atoms. The van der Waals surface area contributed by atoms with E-state index in [0.717, 1.165) is 19.5 Å². The summed E-state index contributed by atoms with van der Waals surface area (Å²) in [6, 6.07) is 0.220. The Morgan fingerprint density at radius 2 is 2.06 bits per heavy atom. The lowest BCUT2D eigenvalue weighted by Gasteiger charge is -2.17. The standard InChI is InChI=1S/C11H24N2O2S.ClH/c1-3-7-16(14,15)8-6-13-5-4-11(9-13)10(2)12;/h10-11H,3-9,12H2,1-2H3;1H. The van der Waals surface area contributed by atoms with Crippen molar-refractivity contribution in [2.24, 2.45) is 11.7 Å². The third-order valence-electron chi connectivity index (χ3n) is 3.29. The fourth-order valence-electron chi connectivity index (χ4n) is 2.18. The molecule has 0 aromatic rings. The van der Waals surface area contributed by atoms with Gasteiger partial charge >= 0.3 is 0 Å². The Morgan fingerprint density at radius 1 is 1.41 bits per heavy atom. The van der Waals surface area contributed by atoms with Gasteiger partial charge in [-0.05, 0) is 32.2 Å². The van der Waals surface area contributed by atoms with Crippen molar-refractivity contribution in [2.75, 3.05) is 31.1 Å². The second-order valence-corrected chi connectivity index (χ2v) is 7.16. The summed E-state index contributed by atoms with van der Waals surface area (Å²) in [6.07, 6.45) is 1.82. The van der Waals surface area contributed by atoms with E-state index in [2.05, 4.69) is 4.90 Å². The molecular formula is C11H25ClN2O2S. The minimum absolute atomic E-state index is 0. The van der Waals surface area contributed by atoms with Gasteiger partial charge in [0.05, 0.1) is 5.75 Å². The molecule has 0 aromatic heterocycles. The van der Waals surface area contributed by atoms with Crippen LogP contribution in [0.3, 0.4) is 0 Å². The molecule has 17 heavy (non-hydrogen) atoms. The number of likely N-dealkylation sites (tertiary alicyclic amines) is 1. The maximum absolute atomic E-state index is 11.6. The topological polar surface area (TPSA) is 63.4 Å². The van der Waals surface area contributed by atoms with Gasteiger partial charge in [0.15, 0.2) is 9.84 Å². The molecule has 1 saturated heterocycles. The highest BCUT2D eigenvalue weighted by atomic mass is 35.5. The molecule has 1 fully saturated rings. The average molecular weight is 285 g/mol. The van der Waals surface area contributed by atoms with Crippen molar-refractivity contribution in [3.05, 3.63) is 0 Å². The average Bonchev–Trinajstić information content (AvgIpc) is 2.63. The van der Waals surface area contributed by atoms with E-state index in [4.69, 9.17) is 5.73 Å². The fraction of sp³-hybridized carbons (Fsp3) is 1.00. The van der Waals surface area contributed by atoms with Crippen molar-refractivity contribution in [1.82, 2.24) is 4.90 Å². The molecule has 2 atom stereocenters. The number of nitrogens with zero attached hydrogens (tertiary/aromatic N) is 1. The molecule has 0 radical (unpaired) electrons. The van der Waals surface area contributed by atoms with Crippen molar-refractivity contribution < 1.29 is 8.42 Å². The van der Waals surface area contributed by atoms with Crippen molar-refractivity contribution >= 4 is 22.2 Å². The largest absolute Gasteiger partial charge is 0.328 e. The van der Waals surface area contributed by atoms with Crippen LogP contribution in [-0.4, -0.2) is 50.5 Å². The molecule has 1 heterocycles. The molecule has 0 bridgehead atoms. The zero-order chi connectivity index (χ0) is 12.2. The Hall–Kier alpha value is 0.160. The smallest absolute Gasteiger partial charge is 0.151 e. The molecule has 1 aliphatic rings. The highest BCUT2D eigenvalue weighted by molar-refractivity contribution is 7.91. The van der Waals surface area contributed by atoms with Crippen molar-refractivity contribution in [2.45, 2.75) is 32.7 Å². The van der Waals surface area contributed by atoms with Crippen LogP contribution in [0.25, 0.3) is 0 Å². The first-order chi connectivity index (χ1) is 7.44. The van der Waals surface area contributed by atoms with E-state index in [1.165, 1.54) is 0 Å². The van der Waals surface area contributed by atoms with E-state index >= 15 is 0 Å². The van der Waals surface area contributed by atoms with Gasteiger partial charge in [-0.2, -0.15) is 0 Å². The number of sulfone groups is 1. The number of rotatable bonds is 6. The number of halogens is 1. The summed E-state index contributed by atoms with van der Waals surface area (Å²) in [5, 5.41) is 0. The van der Waals surface area contributed by atoms with Crippen LogP contribution in [-0.2, 0) is 9.84 Å². The van der Waals surface area contributed by atoms with Gasteiger partial charge in [-0.15, -0.1) is 12.4 Å². The van der Waals surface area contributed by atoms with Crippen LogP contribution in [0.1, 0.15) is 26.7 Å². The van der Waals surface area contributed by atoms with Gasteiger partial charge in [0.25, 0.3) is 0 Å². The van der Waals surface area contributed by atoms with Crippen molar-refractivity contribution in [3.8, 4) is 0 Å². The van der Waals surface area contributed by atoms with Gasteiger partial charge in [-0.1, -0.05) is 6.92 Å². The molecule has 0 aromatic carbocycles. The molecule has 1 aliphatic heterocycles. The van der Waals surface area contributed by atoms with Gasteiger partial charge in [-0.25, -0.2) is 8.42 Å². The first kappa shape index (κ1) is 17.2. The minimum Gasteiger partial charge on any atom is -0.328 e. The lowest BCUT2D eigenvalue weighted by molar-refractivity contribution is 0.332. The molecule has 0 amide bonds. The summed E-state index contributed by atoms with van der Waals surface area (Å²) < 4.78 is 23.1. The lowest BCUT2D eigenvalue weighted by atomic mass is 10.0. The van der Waals surface area contributed by atoms with E-state index < -0.39 is 9.84 Å². The van der Waals surface area contributed by atoms with E-state index in [1.807, 2.05) is 13.8 Å². The van der Waals surface area contributed by atoms with E-state index in [0.29, 0.717) is 30.4 Å². The molecule has 104 valence electrons. The quantitative estimate of drug-likeness (QED) is 0.787. The number of hydrogen-bond acceptors (Lipinski definition) is 4. The lowest BCUT2D eigenvalue weighted by Crippen LogP contribution is -2.32. The summed E-state index contributed by atoms with van der Waals surface area (Å²) in [5.41, 5.74) is 5.84. The van der Waals surface area contributed by atoms with Crippen LogP contribution >= 0.6 is 12.4 Å². The van der Waals surface area contributed by atoms with Crippen molar-refractivity contribution in [3.63, 3.8) is 0 Å². The van der Waals surface area contributed by atoms with Gasteiger partial charge in [0, 0.05) is 24.9 Å². The van der Waals surface area contributed by atoms with Crippen LogP contribution in [0.5, 0.6) is 0 Å². The molecule has 0 saturated carbocycles. The maximum Gasteiger partial charge on any atom is 0.151 e. The van der Waals surface area contributed by atoms with Crippen LogP contribution in [0.2, 0.25) is 0 Å². The Balaban J connectivity index is 0.00000256. The molecule has 1 rings (SSSR count). The molecule has 0 aliphatic carbocycles. The highest BCUT2D eigenvalue weighted by Crippen LogP contribution is 2.18. The second kappa shape index (κ2) is 7.56. The molecule has 4 nitrogen and oxygen atoms in total. The van der Waals surface area contributed by atoms with E-state index in [-0.39, 0.29) is 18.4 Å². The number of hydrogen-bond donors (Lipinski definition) is 1. The predicted molar refractivity (Wildman–Crippen MR) is 74.4 cm³/mol. The second-order valence-electron chi connectivity index (χ2n) is 4.86. The van der Waals surface area contributed by atoms with Crippen LogP contribution < -0.4 is 5.73 Å². The summed E-state index contributed by atoms with van der Waals surface area (Å²) in [7, 11) is -2.83. The van der Waals surface area contributed by atoms with E-state index in [1.54, 1.807) is 0 Å². The number of nitrogens with two attached hydrogens (primary N) is 1. The molecule has 2 unspecified atom stereocenters. The predicted octanol–water partition coefficient (Wildman–Crippen LogP) is 0.902. The normalized spacial score (nSPS) is 23.4. The molecule has 2 N–H and O–H groups in total. The first-order valence-electron chi connectivity index (χ1n) is 6.13. The Bertz CT molecular complexity index is 307. The van der Waals surface area contributed by atoms with Gasteiger partial charge < -0.3 is 10.6 Å². The summed E-state index contributed by atoms with van der Waals surface area (Å²) in [6.45, 7) is 6.56. The Labute approximate surface area is 111 Å². The Morgan fingerprint density at radius 3 is 2.53 bits per heavy atom. The molecular weight excluding hydrogens is 260 g/mol. The van der Waals surface area contributed by atoms with Gasteiger partial charge in [0.2, 0.25) is 0 Å². The minimum atomic E-state index is -2.83. The third-order valence-corrected chi connectivity index (χ3v) is 5.12. The monoisotopic (exact) mass is 284 g/mol. The van der Waals surface area contributed by atoms with E-state index in [9.17, 15) is 8.42 Å². The maximum atomic E-state index is 11.6.